The van der Waals surface area contributed by atoms with Crippen molar-refractivity contribution in [3.8, 4) is 11.5 Å². The fraction of sp³-hybridized carbons (Fsp3) is 0.480. The number of likely N-dealkylation sites (N-methyl/N-ethyl adjacent to an activating group) is 1. The molecule has 174 valence electrons. The van der Waals surface area contributed by atoms with Crippen LogP contribution in [-0.2, 0) is 4.79 Å². The maximum Gasteiger partial charge on any atom is 0.223 e. The third kappa shape index (κ3) is 6.13. The standard InChI is InChI=1S/C25H34FN3O3/c1-5-28-11-13-29(14-12-28)22-8-7-20(26)17-21(22)19(3)27-25(30)10-15-32-23-9-6-18(2)16-24(23)31-4/h6-9,16-17,19H,5,10-15H2,1-4H3,(H,27,30). The number of methoxy groups -OCH3 is 1. The summed E-state index contributed by atoms with van der Waals surface area (Å²) in [6.07, 6.45) is 0.196. The molecular formula is C25H34FN3O3. The second kappa shape index (κ2) is 11.2. The number of nitrogens with one attached hydrogen (secondary N) is 1. The number of carbonyl (C=O) groups excluding carboxylic acids is 1. The fourth-order valence-corrected chi connectivity index (χ4v) is 4.00. The number of amides is 1. The van der Waals surface area contributed by atoms with Crippen molar-refractivity contribution in [3.05, 3.63) is 53.3 Å². The average Bonchev–Trinajstić information content (AvgIpc) is 2.80. The number of anilines is 1. The second-order valence-electron chi connectivity index (χ2n) is 8.17. The number of hydrogen-bond donors (Lipinski definition) is 1. The van der Waals surface area contributed by atoms with Gasteiger partial charge in [0.15, 0.2) is 11.5 Å². The number of piperazine rings is 1. The van der Waals surface area contributed by atoms with Gasteiger partial charge in [0.05, 0.1) is 26.2 Å². The average molecular weight is 444 g/mol. The summed E-state index contributed by atoms with van der Waals surface area (Å²) in [5, 5.41) is 2.99. The third-order valence-electron chi connectivity index (χ3n) is 5.90. The molecule has 0 radical (unpaired) electrons. The maximum absolute atomic E-state index is 14.0. The molecule has 6 nitrogen and oxygen atoms in total. The quantitative estimate of drug-likeness (QED) is 0.637. The van der Waals surface area contributed by atoms with Crippen molar-refractivity contribution in [2.45, 2.75) is 33.2 Å². The largest absolute Gasteiger partial charge is 0.493 e. The Hall–Kier alpha value is -2.80. The monoisotopic (exact) mass is 443 g/mol. The topological polar surface area (TPSA) is 54.0 Å². The van der Waals surface area contributed by atoms with E-state index in [1.807, 2.05) is 38.1 Å². The van der Waals surface area contributed by atoms with Gasteiger partial charge in [0, 0.05) is 37.4 Å². The molecule has 1 aliphatic heterocycles. The van der Waals surface area contributed by atoms with Gasteiger partial charge in [0.2, 0.25) is 5.91 Å². The Morgan fingerprint density at radius 1 is 1.12 bits per heavy atom. The van der Waals surface area contributed by atoms with Crippen LogP contribution in [0.5, 0.6) is 11.5 Å². The van der Waals surface area contributed by atoms with Gasteiger partial charge in [-0.2, -0.15) is 0 Å². The molecular weight excluding hydrogens is 409 g/mol. The van der Waals surface area contributed by atoms with E-state index in [0.717, 1.165) is 49.5 Å². The molecule has 2 aromatic carbocycles. The zero-order valence-electron chi connectivity index (χ0n) is 19.5. The van der Waals surface area contributed by atoms with E-state index < -0.39 is 0 Å². The highest BCUT2D eigenvalue weighted by Gasteiger charge is 2.22. The van der Waals surface area contributed by atoms with Gasteiger partial charge in [-0.1, -0.05) is 13.0 Å². The smallest absolute Gasteiger partial charge is 0.223 e. The Labute approximate surface area is 190 Å². The van der Waals surface area contributed by atoms with Crippen molar-refractivity contribution >= 4 is 11.6 Å². The number of aryl methyl sites for hydroxylation is 1. The van der Waals surface area contributed by atoms with Gasteiger partial charge in [-0.3, -0.25) is 4.79 Å². The van der Waals surface area contributed by atoms with Crippen LogP contribution in [0.25, 0.3) is 0 Å². The number of benzene rings is 2. The Bertz CT molecular complexity index is 913. The maximum atomic E-state index is 14.0. The van der Waals surface area contributed by atoms with Crippen LogP contribution in [0.3, 0.4) is 0 Å². The lowest BCUT2D eigenvalue weighted by atomic mass is 10.0. The van der Waals surface area contributed by atoms with Crippen LogP contribution in [0, 0.1) is 12.7 Å². The van der Waals surface area contributed by atoms with E-state index in [-0.39, 0.29) is 30.8 Å². The highest BCUT2D eigenvalue weighted by Crippen LogP contribution is 2.29. The summed E-state index contributed by atoms with van der Waals surface area (Å²) in [5.74, 6) is 0.811. The van der Waals surface area contributed by atoms with E-state index in [4.69, 9.17) is 9.47 Å². The molecule has 1 aliphatic rings. The van der Waals surface area contributed by atoms with Crippen LogP contribution in [-0.4, -0.2) is 57.2 Å². The SMILES string of the molecule is CCN1CCN(c2ccc(F)cc2C(C)NC(=O)CCOc2ccc(C)cc2OC)CC1. The third-order valence-corrected chi connectivity index (χ3v) is 5.90. The van der Waals surface area contributed by atoms with Crippen molar-refractivity contribution in [3.63, 3.8) is 0 Å². The van der Waals surface area contributed by atoms with Crippen LogP contribution >= 0.6 is 0 Å². The van der Waals surface area contributed by atoms with E-state index in [9.17, 15) is 9.18 Å². The van der Waals surface area contributed by atoms with Gasteiger partial charge >= 0.3 is 0 Å². The van der Waals surface area contributed by atoms with Crippen molar-refractivity contribution in [2.24, 2.45) is 0 Å². The number of rotatable bonds is 9. The molecule has 3 rings (SSSR count). The minimum absolute atomic E-state index is 0.144. The van der Waals surface area contributed by atoms with Crippen LogP contribution in [0.2, 0.25) is 0 Å². The first-order chi connectivity index (χ1) is 15.4. The summed E-state index contributed by atoms with van der Waals surface area (Å²) in [4.78, 5) is 17.2. The van der Waals surface area contributed by atoms with Crippen molar-refractivity contribution in [1.82, 2.24) is 10.2 Å². The van der Waals surface area contributed by atoms with E-state index in [0.29, 0.717) is 11.5 Å². The zero-order valence-corrected chi connectivity index (χ0v) is 19.5. The van der Waals surface area contributed by atoms with Crippen molar-refractivity contribution < 1.29 is 18.7 Å². The summed E-state index contributed by atoms with van der Waals surface area (Å²) in [5.41, 5.74) is 2.85. The van der Waals surface area contributed by atoms with E-state index >= 15 is 0 Å². The normalized spacial score (nSPS) is 15.3. The van der Waals surface area contributed by atoms with Crippen LogP contribution in [0.15, 0.2) is 36.4 Å². The van der Waals surface area contributed by atoms with Gasteiger partial charge in [0.25, 0.3) is 0 Å². The molecule has 2 aromatic rings. The van der Waals surface area contributed by atoms with Crippen LogP contribution < -0.4 is 19.7 Å². The van der Waals surface area contributed by atoms with Gasteiger partial charge in [-0.25, -0.2) is 4.39 Å². The number of carbonyl (C=O) groups is 1. The molecule has 1 N–H and O–H groups in total. The molecule has 0 saturated carbocycles. The summed E-state index contributed by atoms with van der Waals surface area (Å²) >= 11 is 0. The Balaban J connectivity index is 1.58. The van der Waals surface area contributed by atoms with E-state index in [1.165, 1.54) is 12.1 Å². The van der Waals surface area contributed by atoms with Gasteiger partial charge in [-0.05, 0) is 56.3 Å². The summed E-state index contributed by atoms with van der Waals surface area (Å²) < 4.78 is 25.1. The molecule has 0 aliphatic carbocycles. The van der Waals surface area contributed by atoms with Gasteiger partial charge in [-0.15, -0.1) is 0 Å². The lowest BCUT2D eigenvalue weighted by Crippen LogP contribution is -2.46. The Morgan fingerprint density at radius 2 is 1.88 bits per heavy atom. The molecule has 7 heteroatoms. The molecule has 0 aromatic heterocycles. The van der Waals surface area contributed by atoms with Gasteiger partial charge < -0.3 is 24.6 Å². The second-order valence-corrected chi connectivity index (χ2v) is 8.17. The molecule has 1 fully saturated rings. The molecule has 1 saturated heterocycles. The molecule has 1 unspecified atom stereocenters. The molecule has 0 spiro atoms. The predicted molar refractivity (Wildman–Crippen MR) is 125 cm³/mol. The zero-order chi connectivity index (χ0) is 23.1. The molecule has 1 atom stereocenters. The minimum Gasteiger partial charge on any atom is -0.493 e. The fourth-order valence-electron chi connectivity index (χ4n) is 4.00. The number of hydrogen-bond acceptors (Lipinski definition) is 5. The first-order valence-electron chi connectivity index (χ1n) is 11.2. The Kier molecular flexibility index (Phi) is 8.33. The summed E-state index contributed by atoms with van der Waals surface area (Å²) in [7, 11) is 1.59. The van der Waals surface area contributed by atoms with Crippen molar-refractivity contribution in [2.75, 3.05) is 51.3 Å². The number of ether oxygens (including phenoxy) is 2. The first-order valence-corrected chi connectivity index (χ1v) is 11.2. The minimum atomic E-state index is -0.314. The first kappa shape index (κ1) is 23.9. The number of halogens is 1. The highest BCUT2D eigenvalue weighted by molar-refractivity contribution is 5.77. The lowest BCUT2D eigenvalue weighted by molar-refractivity contribution is -0.122. The lowest BCUT2D eigenvalue weighted by Gasteiger charge is -2.37. The summed E-state index contributed by atoms with van der Waals surface area (Å²) in [6.45, 7) is 11.0. The summed E-state index contributed by atoms with van der Waals surface area (Å²) in [6, 6.07) is 10.2. The van der Waals surface area contributed by atoms with E-state index in [1.54, 1.807) is 7.11 Å². The molecule has 32 heavy (non-hydrogen) atoms. The van der Waals surface area contributed by atoms with Crippen LogP contribution in [0.4, 0.5) is 10.1 Å². The van der Waals surface area contributed by atoms with E-state index in [2.05, 4.69) is 22.0 Å². The molecule has 1 heterocycles. The molecule has 0 bridgehead atoms. The predicted octanol–water partition coefficient (Wildman–Crippen LogP) is 3.93. The number of nitrogens with zero attached hydrogens (tertiary/aromatic N) is 2. The van der Waals surface area contributed by atoms with Gasteiger partial charge in [0.1, 0.15) is 5.82 Å². The molecule has 1 amide bonds. The Morgan fingerprint density at radius 3 is 2.56 bits per heavy atom. The van der Waals surface area contributed by atoms with Crippen LogP contribution in [0.1, 0.15) is 37.4 Å². The highest BCUT2D eigenvalue weighted by atomic mass is 19.1. The van der Waals surface area contributed by atoms with Crippen molar-refractivity contribution in [1.29, 1.82) is 0 Å².